The summed E-state index contributed by atoms with van der Waals surface area (Å²) in [6.45, 7) is 3.93. The summed E-state index contributed by atoms with van der Waals surface area (Å²) in [5.41, 5.74) is 0.206. The fourth-order valence-corrected chi connectivity index (χ4v) is 2.13. The Balaban J connectivity index is 2.38. The SMILES string of the molecule is CC1(C)CCC(NCC(C#N)C(F)(F)F)C1. The zero-order valence-corrected chi connectivity index (χ0v) is 9.56. The van der Waals surface area contributed by atoms with Crippen LogP contribution < -0.4 is 5.32 Å². The predicted octanol–water partition coefficient (Wildman–Crippen LogP) is 2.86. The molecule has 1 fully saturated rings. The van der Waals surface area contributed by atoms with Gasteiger partial charge < -0.3 is 5.32 Å². The van der Waals surface area contributed by atoms with Crippen molar-refractivity contribution in [3.05, 3.63) is 0 Å². The van der Waals surface area contributed by atoms with Gasteiger partial charge in [0.25, 0.3) is 0 Å². The quantitative estimate of drug-likeness (QED) is 0.815. The van der Waals surface area contributed by atoms with Gasteiger partial charge in [0.15, 0.2) is 5.92 Å². The predicted molar refractivity (Wildman–Crippen MR) is 54.6 cm³/mol. The highest BCUT2D eigenvalue weighted by molar-refractivity contribution is 4.93. The molecule has 1 saturated carbocycles. The van der Waals surface area contributed by atoms with Gasteiger partial charge in [-0.2, -0.15) is 18.4 Å². The fraction of sp³-hybridized carbons (Fsp3) is 0.909. The third-order valence-electron chi connectivity index (χ3n) is 3.13. The van der Waals surface area contributed by atoms with E-state index in [-0.39, 0.29) is 18.0 Å². The molecule has 2 unspecified atom stereocenters. The number of hydrogen-bond acceptors (Lipinski definition) is 2. The lowest BCUT2D eigenvalue weighted by molar-refractivity contribution is -0.157. The van der Waals surface area contributed by atoms with Gasteiger partial charge in [-0.1, -0.05) is 13.8 Å². The summed E-state index contributed by atoms with van der Waals surface area (Å²) in [6.07, 6.45) is -1.63. The summed E-state index contributed by atoms with van der Waals surface area (Å²) in [4.78, 5) is 0. The van der Waals surface area contributed by atoms with E-state index in [1.165, 1.54) is 6.07 Å². The molecule has 1 aliphatic rings. The van der Waals surface area contributed by atoms with Crippen LogP contribution in [0, 0.1) is 22.7 Å². The Labute approximate surface area is 93.8 Å². The van der Waals surface area contributed by atoms with Crippen LogP contribution in [0.4, 0.5) is 13.2 Å². The van der Waals surface area contributed by atoms with Crippen molar-refractivity contribution in [1.29, 1.82) is 5.26 Å². The van der Waals surface area contributed by atoms with Crippen LogP contribution in [0.2, 0.25) is 0 Å². The van der Waals surface area contributed by atoms with Crippen molar-refractivity contribution < 1.29 is 13.2 Å². The monoisotopic (exact) mass is 234 g/mol. The van der Waals surface area contributed by atoms with Crippen LogP contribution in [0.5, 0.6) is 0 Å². The van der Waals surface area contributed by atoms with Gasteiger partial charge in [-0.05, 0) is 24.7 Å². The van der Waals surface area contributed by atoms with E-state index in [0.717, 1.165) is 19.3 Å². The third-order valence-corrected chi connectivity index (χ3v) is 3.13. The topological polar surface area (TPSA) is 35.8 Å². The van der Waals surface area contributed by atoms with Crippen LogP contribution >= 0.6 is 0 Å². The van der Waals surface area contributed by atoms with Gasteiger partial charge in [0, 0.05) is 12.6 Å². The van der Waals surface area contributed by atoms with Gasteiger partial charge in [0.1, 0.15) is 0 Å². The fourth-order valence-electron chi connectivity index (χ4n) is 2.13. The van der Waals surface area contributed by atoms with Gasteiger partial charge in [0.05, 0.1) is 6.07 Å². The van der Waals surface area contributed by atoms with E-state index < -0.39 is 12.1 Å². The second kappa shape index (κ2) is 4.62. The Morgan fingerprint density at radius 2 is 2.12 bits per heavy atom. The lowest BCUT2D eigenvalue weighted by atomic mass is 9.92. The summed E-state index contributed by atoms with van der Waals surface area (Å²) >= 11 is 0. The van der Waals surface area contributed by atoms with Crippen LogP contribution in [-0.2, 0) is 0 Å². The van der Waals surface area contributed by atoms with Crippen LogP contribution in [0.3, 0.4) is 0 Å². The largest absolute Gasteiger partial charge is 0.405 e. The molecule has 16 heavy (non-hydrogen) atoms. The number of halogens is 3. The number of alkyl halides is 3. The highest BCUT2D eigenvalue weighted by atomic mass is 19.4. The molecule has 0 heterocycles. The average molecular weight is 234 g/mol. The molecule has 1 rings (SSSR count). The molecule has 0 aromatic rings. The van der Waals surface area contributed by atoms with Crippen molar-refractivity contribution in [2.45, 2.75) is 45.3 Å². The van der Waals surface area contributed by atoms with E-state index in [4.69, 9.17) is 5.26 Å². The maximum Gasteiger partial charge on any atom is 0.405 e. The van der Waals surface area contributed by atoms with Gasteiger partial charge in [-0.3, -0.25) is 0 Å². The molecule has 0 saturated heterocycles. The molecular weight excluding hydrogens is 217 g/mol. The molecule has 2 atom stereocenters. The lowest BCUT2D eigenvalue weighted by Gasteiger charge is -2.20. The Kier molecular flexibility index (Phi) is 3.84. The molecule has 0 aliphatic heterocycles. The molecule has 0 bridgehead atoms. The van der Waals surface area contributed by atoms with Crippen LogP contribution in [0.1, 0.15) is 33.1 Å². The highest BCUT2D eigenvalue weighted by Crippen LogP contribution is 2.37. The normalized spacial score (nSPS) is 26.4. The Bertz CT molecular complexity index is 278. The van der Waals surface area contributed by atoms with Gasteiger partial charge in [-0.15, -0.1) is 0 Å². The number of rotatable bonds is 3. The maximum absolute atomic E-state index is 12.3. The molecule has 0 aromatic carbocycles. The second-order valence-corrected chi connectivity index (χ2v) is 5.24. The average Bonchev–Trinajstić information content (AvgIpc) is 2.44. The van der Waals surface area contributed by atoms with E-state index in [1.54, 1.807) is 0 Å². The van der Waals surface area contributed by atoms with Crippen LogP contribution in [0.15, 0.2) is 0 Å². The number of nitrogens with zero attached hydrogens (tertiary/aromatic N) is 1. The molecule has 1 N–H and O–H groups in total. The van der Waals surface area contributed by atoms with E-state index in [9.17, 15) is 13.2 Å². The minimum absolute atomic E-state index is 0.119. The molecule has 1 aliphatic carbocycles. The van der Waals surface area contributed by atoms with Crippen molar-refractivity contribution in [2.75, 3.05) is 6.54 Å². The molecular formula is C11H17F3N2. The zero-order chi connectivity index (χ0) is 12.4. The van der Waals surface area contributed by atoms with Crippen LogP contribution in [0.25, 0.3) is 0 Å². The summed E-state index contributed by atoms with van der Waals surface area (Å²) in [5, 5.41) is 11.3. The third kappa shape index (κ3) is 3.67. The molecule has 0 aromatic heterocycles. The Morgan fingerprint density at radius 1 is 1.50 bits per heavy atom. The smallest absolute Gasteiger partial charge is 0.312 e. The number of hydrogen-bond donors (Lipinski definition) is 1. The molecule has 92 valence electrons. The van der Waals surface area contributed by atoms with Crippen molar-refractivity contribution in [2.24, 2.45) is 11.3 Å². The second-order valence-electron chi connectivity index (χ2n) is 5.24. The van der Waals surface area contributed by atoms with Gasteiger partial charge >= 0.3 is 6.18 Å². The minimum atomic E-state index is -4.42. The van der Waals surface area contributed by atoms with Crippen molar-refractivity contribution in [3.8, 4) is 6.07 Å². The lowest BCUT2D eigenvalue weighted by Crippen LogP contribution is -2.37. The molecule has 2 nitrogen and oxygen atoms in total. The molecule has 0 radical (unpaired) electrons. The molecule has 5 heteroatoms. The summed E-state index contributed by atoms with van der Waals surface area (Å²) in [7, 11) is 0. The van der Waals surface area contributed by atoms with E-state index in [0.29, 0.717) is 0 Å². The van der Waals surface area contributed by atoms with Crippen molar-refractivity contribution in [1.82, 2.24) is 5.32 Å². The highest BCUT2D eigenvalue weighted by Gasteiger charge is 2.40. The Morgan fingerprint density at radius 3 is 2.50 bits per heavy atom. The standard InChI is InChI=1S/C11H17F3N2/c1-10(2)4-3-9(5-10)16-7-8(6-15)11(12,13)14/h8-9,16H,3-5,7H2,1-2H3. The van der Waals surface area contributed by atoms with Crippen molar-refractivity contribution >= 4 is 0 Å². The van der Waals surface area contributed by atoms with E-state index in [1.807, 2.05) is 0 Å². The van der Waals surface area contributed by atoms with E-state index >= 15 is 0 Å². The Hall–Kier alpha value is -0.760. The van der Waals surface area contributed by atoms with E-state index in [2.05, 4.69) is 19.2 Å². The first-order chi connectivity index (χ1) is 7.24. The maximum atomic E-state index is 12.3. The van der Waals surface area contributed by atoms with Crippen molar-refractivity contribution in [3.63, 3.8) is 0 Å². The first-order valence-electron chi connectivity index (χ1n) is 5.44. The first kappa shape index (κ1) is 13.3. The molecule has 0 spiro atoms. The van der Waals surface area contributed by atoms with Crippen LogP contribution in [-0.4, -0.2) is 18.8 Å². The summed E-state index contributed by atoms with van der Waals surface area (Å²) in [5.74, 6) is -1.89. The number of nitriles is 1. The minimum Gasteiger partial charge on any atom is -0.312 e. The first-order valence-corrected chi connectivity index (χ1v) is 5.44. The summed E-state index contributed by atoms with van der Waals surface area (Å²) in [6, 6.07) is 1.42. The molecule has 0 amide bonds. The summed E-state index contributed by atoms with van der Waals surface area (Å²) < 4.78 is 36.9. The van der Waals surface area contributed by atoms with Gasteiger partial charge in [-0.25, -0.2) is 0 Å². The zero-order valence-electron chi connectivity index (χ0n) is 9.56. The van der Waals surface area contributed by atoms with Gasteiger partial charge in [0.2, 0.25) is 0 Å². The number of nitrogens with one attached hydrogen (secondary N) is 1.